The minimum atomic E-state index is -0.970. The number of aromatic amines is 1. The molecule has 0 radical (unpaired) electrons. The highest BCUT2D eigenvalue weighted by molar-refractivity contribution is 5.80. The summed E-state index contributed by atoms with van der Waals surface area (Å²) in [7, 11) is 0. The largest absolute Gasteiger partial charge is 0.481 e. The van der Waals surface area contributed by atoms with E-state index in [0.29, 0.717) is 6.42 Å². The van der Waals surface area contributed by atoms with Crippen molar-refractivity contribution in [2.24, 2.45) is 0 Å². The molecule has 0 saturated carbocycles. The number of aliphatic carboxylic acids is 1. The zero-order chi connectivity index (χ0) is 17.0. The Bertz CT molecular complexity index is 667. The van der Waals surface area contributed by atoms with Crippen molar-refractivity contribution in [2.45, 2.75) is 45.3 Å². The number of hydrogen-bond donors (Lipinski definition) is 3. The average molecular weight is 318 g/mol. The SMILES string of the molecule is CC(C)(C)OC(=O)N[C@@H](CC(=O)O)Cc1cc2ccccc2[nH]1. The Morgan fingerprint density at radius 1 is 1.30 bits per heavy atom. The van der Waals surface area contributed by atoms with Crippen LogP contribution >= 0.6 is 0 Å². The lowest BCUT2D eigenvalue weighted by molar-refractivity contribution is -0.137. The van der Waals surface area contributed by atoms with Crippen molar-refractivity contribution in [3.05, 3.63) is 36.0 Å². The number of carbonyl (C=O) groups is 2. The van der Waals surface area contributed by atoms with Gasteiger partial charge in [-0.25, -0.2) is 4.79 Å². The predicted octanol–water partition coefficient (Wildman–Crippen LogP) is 3.08. The lowest BCUT2D eigenvalue weighted by Gasteiger charge is -2.22. The second-order valence-corrected chi connectivity index (χ2v) is 6.53. The molecule has 6 heteroatoms. The fraction of sp³-hybridized carbons (Fsp3) is 0.412. The number of rotatable bonds is 5. The maximum absolute atomic E-state index is 11.9. The fourth-order valence-electron chi connectivity index (χ4n) is 2.37. The van der Waals surface area contributed by atoms with Gasteiger partial charge in [-0.05, 0) is 38.3 Å². The van der Waals surface area contributed by atoms with Gasteiger partial charge >= 0.3 is 12.1 Å². The van der Waals surface area contributed by atoms with Crippen molar-refractivity contribution in [2.75, 3.05) is 0 Å². The van der Waals surface area contributed by atoms with Crippen LogP contribution in [0, 0.1) is 0 Å². The van der Waals surface area contributed by atoms with Crippen LogP contribution in [0.3, 0.4) is 0 Å². The molecule has 6 nitrogen and oxygen atoms in total. The third-order valence-electron chi connectivity index (χ3n) is 3.19. The lowest BCUT2D eigenvalue weighted by atomic mass is 10.1. The Morgan fingerprint density at radius 2 is 2.00 bits per heavy atom. The van der Waals surface area contributed by atoms with Gasteiger partial charge in [-0.15, -0.1) is 0 Å². The van der Waals surface area contributed by atoms with E-state index in [9.17, 15) is 9.59 Å². The molecule has 0 bridgehead atoms. The standard InChI is InChI=1S/C17H22N2O4/c1-17(2,3)23-16(22)19-13(10-15(20)21)9-12-8-11-6-4-5-7-14(11)18-12/h4-8,13,18H,9-10H2,1-3H3,(H,19,22)(H,20,21)/t13-/m1/s1. The Hall–Kier alpha value is -2.50. The van der Waals surface area contributed by atoms with Gasteiger partial charge in [0, 0.05) is 23.7 Å². The van der Waals surface area contributed by atoms with Gasteiger partial charge in [-0.3, -0.25) is 4.79 Å². The zero-order valence-corrected chi connectivity index (χ0v) is 13.6. The number of H-pyrrole nitrogens is 1. The van der Waals surface area contributed by atoms with Crippen molar-refractivity contribution in [1.82, 2.24) is 10.3 Å². The summed E-state index contributed by atoms with van der Waals surface area (Å²) in [4.78, 5) is 26.1. The van der Waals surface area contributed by atoms with Gasteiger partial charge in [0.1, 0.15) is 5.60 Å². The minimum Gasteiger partial charge on any atom is -0.481 e. The van der Waals surface area contributed by atoms with Gasteiger partial charge in [0.15, 0.2) is 0 Å². The quantitative estimate of drug-likeness (QED) is 0.790. The van der Waals surface area contributed by atoms with Crippen LogP contribution < -0.4 is 5.32 Å². The number of carbonyl (C=O) groups excluding carboxylic acids is 1. The molecule has 1 amide bonds. The molecule has 1 atom stereocenters. The molecule has 23 heavy (non-hydrogen) atoms. The first kappa shape index (κ1) is 16.9. The van der Waals surface area contributed by atoms with E-state index in [-0.39, 0.29) is 6.42 Å². The monoisotopic (exact) mass is 318 g/mol. The van der Waals surface area contributed by atoms with Crippen LogP contribution in [-0.2, 0) is 16.0 Å². The van der Waals surface area contributed by atoms with Crippen molar-refractivity contribution >= 4 is 23.0 Å². The number of alkyl carbamates (subject to hydrolysis) is 1. The lowest BCUT2D eigenvalue weighted by Crippen LogP contribution is -2.41. The minimum absolute atomic E-state index is 0.172. The Morgan fingerprint density at radius 3 is 2.61 bits per heavy atom. The number of carboxylic acid groups (broad SMARTS) is 1. The number of amides is 1. The molecule has 124 valence electrons. The van der Waals surface area contributed by atoms with Crippen molar-refractivity contribution in [1.29, 1.82) is 0 Å². The van der Waals surface area contributed by atoms with E-state index >= 15 is 0 Å². The topological polar surface area (TPSA) is 91.4 Å². The summed E-state index contributed by atoms with van der Waals surface area (Å²) in [6.45, 7) is 5.28. The van der Waals surface area contributed by atoms with E-state index in [1.54, 1.807) is 20.8 Å². The first-order chi connectivity index (χ1) is 10.7. The fourth-order valence-corrected chi connectivity index (χ4v) is 2.37. The Balaban J connectivity index is 2.08. The third kappa shape index (κ3) is 5.32. The molecule has 2 rings (SSSR count). The summed E-state index contributed by atoms with van der Waals surface area (Å²) in [5, 5.41) is 12.7. The van der Waals surface area contributed by atoms with Crippen molar-refractivity contribution < 1.29 is 19.4 Å². The molecule has 1 aromatic carbocycles. The van der Waals surface area contributed by atoms with Crippen LogP contribution in [0.4, 0.5) is 4.79 Å². The Kier molecular flexibility index (Phi) is 4.93. The number of nitrogens with one attached hydrogen (secondary N) is 2. The van der Waals surface area contributed by atoms with Gasteiger partial charge in [0.2, 0.25) is 0 Å². The highest BCUT2D eigenvalue weighted by Crippen LogP contribution is 2.17. The van der Waals surface area contributed by atoms with E-state index in [1.807, 2.05) is 30.3 Å². The molecular formula is C17H22N2O4. The number of benzene rings is 1. The van der Waals surface area contributed by atoms with Crippen LogP contribution in [0.5, 0.6) is 0 Å². The predicted molar refractivity (Wildman–Crippen MR) is 87.4 cm³/mol. The number of para-hydroxylation sites is 1. The molecule has 0 aliphatic carbocycles. The molecule has 0 fully saturated rings. The van der Waals surface area contributed by atoms with Crippen molar-refractivity contribution in [3.8, 4) is 0 Å². The van der Waals surface area contributed by atoms with E-state index in [2.05, 4.69) is 10.3 Å². The second kappa shape index (κ2) is 6.73. The number of fused-ring (bicyclic) bond motifs is 1. The summed E-state index contributed by atoms with van der Waals surface area (Å²) in [5.41, 5.74) is 1.22. The average Bonchev–Trinajstić information content (AvgIpc) is 2.77. The molecule has 0 saturated heterocycles. The van der Waals surface area contributed by atoms with E-state index in [4.69, 9.17) is 9.84 Å². The van der Waals surface area contributed by atoms with Gasteiger partial charge in [-0.2, -0.15) is 0 Å². The van der Waals surface area contributed by atoms with Crippen LogP contribution in [-0.4, -0.2) is 33.8 Å². The van der Waals surface area contributed by atoms with Gasteiger partial charge in [0.25, 0.3) is 0 Å². The first-order valence-corrected chi connectivity index (χ1v) is 7.51. The molecule has 1 aromatic heterocycles. The Labute approximate surface area is 134 Å². The summed E-state index contributed by atoms with van der Waals surface area (Å²) in [6.07, 6.45) is -0.394. The molecule has 0 unspecified atom stereocenters. The number of ether oxygens (including phenoxy) is 1. The molecule has 3 N–H and O–H groups in total. The van der Waals surface area contributed by atoms with Gasteiger partial charge in [-0.1, -0.05) is 18.2 Å². The molecule has 2 aromatic rings. The molecule has 0 aliphatic rings. The summed E-state index contributed by atoms with van der Waals surface area (Å²) in [6, 6.07) is 9.20. The van der Waals surface area contributed by atoms with Crippen LogP contribution in [0.15, 0.2) is 30.3 Å². The smallest absolute Gasteiger partial charge is 0.407 e. The maximum Gasteiger partial charge on any atom is 0.407 e. The van der Waals surface area contributed by atoms with Crippen molar-refractivity contribution in [3.63, 3.8) is 0 Å². The second-order valence-electron chi connectivity index (χ2n) is 6.53. The van der Waals surface area contributed by atoms with E-state index < -0.39 is 23.7 Å². The number of hydrogen-bond acceptors (Lipinski definition) is 3. The number of carboxylic acids is 1. The van der Waals surface area contributed by atoms with Gasteiger partial charge in [0.05, 0.1) is 6.42 Å². The van der Waals surface area contributed by atoms with E-state index in [1.165, 1.54) is 0 Å². The molecule has 0 spiro atoms. The summed E-state index contributed by atoms with van der Waals surface area (Å²) < 4.78 is 5.19. The summed E-state index contributed by atoms with van der Waals surface area (Å²) in [5.74, 6) is -0.970. The van der Waals surface area contributed by atoms with Crippen LogP contribution in [0.1, 0.15) is 32.9 Å². The first-order valence-electron chi connectivity index (χ1n) is 7.51. The molecule has 0 aliphatic heterocycles. The molecule has 1 heterocycles. The van der Waals surface area contributed by atoms with Gasteiger partial charge < -0.3 is 20.1 Å². The third-order valence-corrected chi connectivity index (χ3v) is 3.19. The van der Waals surface area contributed by atoms with Crippen LogP contribution in [0.25, 0.3) is 10.9 Å². The van der Waals surface area contributed by atoms with Crippen LogP contribution in [0.2, 0.25) is 0 Å². The highest BCUT2D eigenvalue weighted by Gasteiger charge is 2.22. The maximum atomic E-state index is 11.9. The zero-order valence-electron chi connectivity index (χ0n) is 13.6. The number of aromatic nitrogens is 1. The van der Waals surface area contributed by atoms with E-state index in [0.717, 1.165) is 16.6 Å². The highest BCUT2D eigenvalue weighted by atomic mass is 16.6. The molecular weight excluding hydrogens is 296 g/mol. The normalized spacial score (nSPS) is 12.8. The summed E-state index contributed by atoms with van der Waals surface area (Å²) >= 11 is 0.